The Hall–Kier alpha value is -2.56. The summed E-state index contributed by atoms with van der Waals surface area (Å²) in [5.41, 5.74) is 1.07. The van der Waals surface area contributed by atoms with Crippen molar-refractivity contribution in [1.82, 2.24) is 4.98 Å². The highest BCUT2D eigenvalue weighted by molar-refractivity contribution is 6.40. The monoisotopic (exact) mass is 358 g/mol. The summed E-state index contributed by atoms with van der Waals surface area (Å²) in [7, 11) is 0. The Labute approximate surface area is 148 Å². The first kappa shape index (κ1) is 16.3. The van der Waals surface area contributed by atoms with Gasteiger partial charge in [-0.15, -0.1) is 0 Å². The molecule has 0 spiro atoms. The van der Waals surface area contributed by atoms with Crippen LogP contribution in [0.1, 0.15) is 10.4 Å². The number of pyridine rings is 1. The molecule has 120 valence electrons. The maximum absolute atomic E-state index is 12.7. The zero-order chi connectivity index (χ0) is 17.1. The lowest BCUT2D eigenvalue weighted by Crippen LogP contribution is -2.24. The van der Waals surface area contributed by atoms with Crippen molar-refractivity contribution in [3.63, 3.8) is 0 Å². The molecule has 0 saturated carbocycles. The van der Waals surface area contributed by atoms with E-state index < -0.39 is 11.5 Å². The van der Waals surface area contributed by atoms with Crippen LogP contribution < -0.4 is 10.9 Å². The number of aromatic nitrogens is 1. The van der Waals surface area contributed by atoms with Crippen molar-refractivity contribution in [3.05, 3.63) is 86.8 Å². The van der Waals surface area contributed by atoms with E-state index >= 15 is 0 Å². The van der Waals surface area contributed by atoms with Gasteiger partial charge in [0.25, 0.3) is 11.5 Å². The smallest absolute Gasteiger partial charge is 0.261 e. The number of carbonyl (C=O) groups is 1. The van der Waals surface area contributed by atoms with Gasteiger partial charge in [-0.05, 0) is 23.8 Å². The number of rotatable bonds is 3. The minimum atomic E-state index is -0.578. The van der Waals surface area contributed by atoms with Crippen LogP contribution in [0.4, 0.5) is 5.69 Å². The largest absolute Gasteiger partial charge is 0.328 e. The second kappa shape index (κ2) is 6.91. The van der Waals surface area contributed by atoms with E-state index in [0.717, 1.165) is 5.56 Å². The van der Waals surface area contributed by atoms with Gasteiger partial charge in [0.1, 0.15) is 5.56 Å². The first-order valence-corrected chi connectivity index (χ1v) is 7.86. The molecular weight excluding hydrogens is 347 g/mol. The molecule has 0 aliphatic rings. The second-order valence-corrected chi connectivity index (χ2v) is 5.83. The number of aromatic amines is 1. The second-order valence-electron chi connectivity index (χ2n) is 5.01. The van der Waals surface area contributed by atoms with E-state index in [0.29, 0.717) is 15.6 Å². The third-order valence-corrected chi connectivity index (χ3v) is 4.10. The molecule has 0 bridgehead atoms. The molecule has 2 N–H and O–H groups in total. The van der Waals surface area contributed by atoms with Crippen LogP contribution in [0.5, 0.6) is 0 Å². The van der Waals surface area contributed by atoms with Crippen LogP contribution in [0.2, 0.25) is 10.0 Å². The van der Waals surface area contributed by atoms with E-state index in [4.69, 9.17) is 23.2 Å². The summed E-state index contributed by atoms with van der Waals surface area (Å²) in [6, 6.07) is 15.8. The number of carbonyl (C=O) groups excluding carboxylic acids is 1. The minimum absolute atomic E-state index is 0.000290. The lowest BCUT2D eigenvalue weighted by molar-refractivity contribution is 0.102. The molecule has 2 aromatic carbocycles. The third-order valence-electron chi connectivity index (χ3n) is 3.47. The molecule has 0 radical (unpaired) electrons. The lowest BCUT2D eigenvalue weighted by Gasteiger charge is -2.11. The number of H-pyrrole nitrogens is 1. The summed E-state index contributed by atoms with van der Waals surface area (Å²) < 4.78 is 0. The Morgan fingerprint density at radius 1 is 0.917 bits per heavy atom. The van der Waals surface area contributed by atoms with Crippen molar-refractivity contribution < 1.29 is 4.79 Å². The highest BCUT2D eigenvalue weighted by Crippen LogP contribution is 2.30. The number of hydrogen-bond donors (Lipinski definition) is 2. The minimum Gasteiger partial charge on any atom is -0.328 e. The van der Waals surface area contributed by atoms with E-state index in [1.165, 1.54) is 6.20 Å². The fourth-order valence-corrected chi connectivity index (χ4v) is 2.85. The molecule has 1 heterocycles. The van der Waals surface area contributed by atoms with Crippen LogP contribution in [0, 0.1) is 0 Å². The average molecular weight is 359 g/mol. The molecular formula is C18H12Cl2N2O2. The van der Waals surface area contributed by atoms with Crippen LogP contribution in [0.25, 0.3) is 11.1 Å². The van der Waals surface area contributed by atoms with Crippen molar-refractivity contribution in [2.24, 2.45) is 0 Å². The summed E-state index contributed by atoms with van der Waals surface area (Å²) >= 11 is 12.1. The van der Waals surface area contributed by atoms with Crippen molar-refractivity contribution in [1.29, 1.82) is 0 Å². The Morgan fingerprint density at radius 3 is 2.25 bits per heavy atom. The van der Waals surface area contributed by atoms with E-state index in [9.17, 15) is 9.59 Å². The van der Waals surface area contributed by atoms with Crippen molar-refractivity contribution in [2.75, 3.05) is 5.32 Å². The Morgan fingerprint density at radius 2 is 1.58 bits per heavy atom. The van der Waals surface area contributed by atoms with Gasteiger partial charge in [-0.25, -0.2) is 0 Å². The number of anilines is 1. The number of nitrogens with one attached hydrogen (secondary N) is 2. The van der Waals surface area contributed by atoms with E-state index in [-0.39, 0.29) is 11.3 Å². The number of halogens is 2. The fourth-order valence-electron chi connectivity index (χ4n) is 2.36. The van der Waals surface area contributed by atoms with Gasteiger partial charge >= 0.3 is 0 Å². The fraction of sp³-hybridized carbons (Fsp3) is 0. The topological polar surface area (TPSA) is 62.0 Å². The molecule has 0 atom stereocenters. The lowest BCUT2D eigenvalue weighted by atomic mass is 10.0. The van der Waals surface area contributed by atoms with Gasteiger partial charge in [-0.1, -0.05) is 59.6 Å². The molecule has 3 aromatic rings. The highest BCUT2D eigenvalue weighted by atomic mass is 35.5. The van der Waals surface area contributed by atoms with Crippen molar-refractivity contribution >= 4 is 34.8 Å². The standard InChI is InChI=1S/C18H12Cl2N2O2/c19-13-7-4-8-14(20)16(13)22-18(24)15-12(9-10-21-17(15)23)11-5-2-1-3-6-11/h1-10H,(H,21,23)(H,22,24). The molecule has 4 nitrogen and oxygen atoms in total. The first-order chi connectivity index (χ1) is 11.6. The molecule has 0 saturated heterocycles. The molecule has 0 aliphatic carbocycles. The number of para-hydroxylation sites is 1. The Bertz CT molecular complexity index is 932. The number of amides is 1. The molecule has 0 fully saturated rings. The number of hydrogen-bond acceptors (Lipinski definition) is 2. The summed E-state index contributed by atoms with van der Waals surface area (Å²) in [6.07, 6.45) is 1.50. The van der Waals surface area contributed by atoms with Gasteiger partial charge in [0.2, 0.25) is 0 Å². The summed E-state index contributed by atoms with van der Waals surface area (Å²) in [5, 5.41) is 3.21. The van der Waals surface area contributed by atoms with Gasteiger partial charge in [0.05, 0.1) is 15.7 Å². The molecule has 6 heteroatoms. The molecule has 0 unspecified atom stereocenters. The van der Waals surface area contributed by atoms with Crippen LogP contribution >= 0.6 is 23.2 Å². The zero-order valence-electron chi connectivity index (χ0n) is 12.3. The van der Waals surface area contributed by atoms with Crippen LogP contribution in [0.3, 0.4) is 0 Å². The Kier molecular flexibility index (Phi) is 4.69. The van der Waals surface area contributed by atoms with E-state index in [2.05, 4.69) is 10.3 Å². The van der Waals surface area contributed by atoms with Gasteiger partial charge in [0.15, 0.2) is 0 Å². The molecule has 24 heavy (non-hydrogen) atoms. The first-order valence-electron chi connectivity index (χ1n) is 7.10. The van der Waals surface area contributed by atoms with Crippen LogP contribution in [0.15, 0.2) is 65.6 Å². The third kappa shape index (κ3) is 3.20. The van der Waals surface area contributed by atoms with E-state index in [1.54, 1.807) is 24.3 Å². The van der Waals surface area contributed by atoms with Gasteiger partial charge in [-0.2, -0.15) is 0 Å². The van der Waals surface area contributed by atoms with E-state index in [1.807, 2.05) is 30.3 Å². The zero-order valence-corrected chi connectivity index (χ0v) is 13.9. The quantitative estimate of drug-likeness (QED) is 0.718. The average Bonchev–Trinajstić information content (AvgIpc) is 2.58. The summed E-state index contributed by atoms with van der Waals surface area (Å²) in [5.74, 6) is -0.578. The predicted octanol–water partition coefficient (Wildman–Crippen LogP) is 4.60. The summed E-state index contributed by atoms with van der Waals surface area (Å²) in [6.45, 7) is 0. The maximum atomic E-state index is 12.7. The van der Waals surface area contributed by atoms with Crippen molar-refractivity contribution in [2.45, 2.75) is 0 Å². The normalized spacial score (nSPS) is 10.4. The van der Waals surface area contributed by atoms with Crippen LogP contribution in [-0.4, -0.2) is 10.9 Å². The summed E-state index contributed by atoms with van der Waals surface area (Å²) in [4.78, 5) is 27.4. The highest BCUT2D eigenvalue weighted by Gasteiger charge is 2.19. The SMILES string of the molecule is O=C(Nc1c(Cl)cccc1Cl)c1c(-c2ccccc2)cc[nH]c1=O. The van der Waals surface area contributed by atoms with Crippen LogP contribution in [-0.2, 0) is 0 Å². The molecule has 1 aromatic heterocycles. The van der Waals surface area contributed by atoms with Gasteiger partial charge < -0.3 is 10.3 Å². The molecule has 3 rings (SSSR count). The predicted molar refractivity (Wildman–Crippen MR) is 96.9 cm³/mol. The van der Waals surface area contributed by atoms with Gasteiger partial charge in [-0.3, -0.25) is 9.59 Å². The van der Waals surface area contributed by atoms with Gasteiger partial charge in [0, 0.05) is 11.8 Å². The van der Waals surface area contributed by atoms with Crippen molar-refractivity contribution in [3.8, 4) is 11.1 Å². The molecule has 0 aliphatic heterocycles. The maximum Gasteiger partial charge on any atom is 0.261 e. The Balaban J connectivity index is 2.07. The number of benzene rings is 2. The molecule has 1 amide bonds.